The summed E-state index contributed by atoms with van der Waals surface area (Å²) in [5.41, 5.74) is 2.82. The van der Waals surface area contributed by atoms with Crippen LogP contribution in [0.5, 0.6) is 17.2 Å². The van der Waals surface area contributed by atoms with Gasteiger partial charge in [-0.05, 0) is 66.9 Å². The Balaban J connectivity index is 1.58. The molecule has 4 aromatic rings. The second-order valence-electron chi connectivity index (χ2n) is 9.13. The predicted molar refractivity (Wildman–Crippen MR) is 151 cm³/mol. The number of carbonyl (C=O) groups is 2. The van der Waals surface area contributed by atoms with Crippen molar-refractivity contribution in [2.75, 3.05) is 20.3 Å². The Morgan fingerprint density at radius 3 is 2.56 bits per heavy atom. The number of nitrogens with one attached hydrogen (secondary N) is 1. The van der Waals surface area contributed by atoms with Crippen molar-refractivity contribution in [1.29, 1.82) is 0 Å². The average Bonchev–Trinajstić information content (AvgIpc) is 3.46. The number of benzene rings is 3. The zero-order valence-electron chi connectivity index (χ0n) is 21.4. The van der Waals surface area contributed by atoms with Crippen LogP contribution in [0, 0.1) is 0 Å². The fourth-order valence-corrected chi connectivity index (χ4v) is 5.19. The molecule has 39 heavy (non-hydrogen) atoms. The third-order valence-electron chi connectivity index (χ3n) is 6.85. The highest BCUT2D eigenvalue weighted by molar-refractivity contribution is 9.10. The first-order chi connectivity index (χ1) is 18.8. The number of nitrogens with zero attached hydrogens (tertiary/aromatic N) is 1. The number of phenolic OH excluding ortho intramolecular Hbond substituents is 1. The quantitative estimate of drug-likeness (QED) is 0.138. The molecule has 1 aromatic heterocycles. The number of aromatic nitrogens is 1. The molecule has 1 aliphatic heterocycles. The SMILES string of the molecule is CCOc1cc([C@H]2C(=C(O)c3ccc(Br)cc3)C(=O)C(=O)N2CCc2c[nH]c3ccc(OC)cc23)ccc1O. The summed E-state index contributed by atoms with van der Waals surface area (Å²) in [6, 6.07) is 16.4. The molecular weight excluding hydrogens is 564 g/mol. The molecule has 1 saturated heterocycles. The van der Waals surface area contributed by atoms with E-state index < -0.39 is 17.7 Å². The number of halogens is 1. The van der Waals surface area contributed by atoms with Gasteiger partial charge in [-0.15, -0.1) is 0 Å². The fraction of sp³-hybridized carbons (Fsp3) is 0.200. The zero-order valence-corrected chi connectivity index (χ0v) is 23.0. The summed E-state index contributed by atoms with van der Waals surface area (Å²) < 4.78 is 11.8. The number of ether oxygens (including phenoxy) is 2. The highest BCUT2D eigenvalue weighted by atomic mass is 79.9. The highest BCUT2D eigenvalue weighted by Gasteiger charge is 2.46. The lowest BCUT2D eigenvalue weighted by Crippen LogP contribution is -2.31. The summed E-state index contributed by atoms with van der Waals surface area (Å²) in [5, 5.41) is 22.5. The number of hydrogen-bond acceptors (Lipinski definition) is 6. The van der Waals surface area contributed by atoms with E-state index in [9.17, 15) is 19.8 Å². The molecule has 0 radical (unpaired) electrons. The van der Waals surface area contributed by atoms with Crippen molar-refractivity contribution in [3.05, 3.63) is 93.6 Å². The summed E-state index contributed by atoms with van der Waals surface area (Å²) in [6.07, 6.45) is 2.33. The number of amides is 1. The van der Waals surface area contributed by atoms with Crippen molar-refractivity contribution in [3.63, 3.8) is 0 Å². The molecule has 0 saturated carbocycles. The molecular formula is C30H27BrN2O6. The van der Waals surface area contributed by atoms with E-state index in [0.717, 1.165) is 20.9 Å². The first kappa shape index (κ1) is 26.4. The molecule has 1 aliphatic rings. The maximum Gasteiger partial charge on any atom is 0.295 e. The number of aliphatic hydroxyl groups is 1. The van der Waals surface area contributed by atoms with Crippen molar-refractivity contribution in [1.82, 2.24) is 9.88 Å². The second-order valence-corrected chi connectivity index (χ2v) is 10.1. The van der Waals surface area contributed by atoms with Crippen molar-refractivity contribution < 1.29 is 29.3 Å². The van der Waals surface area contributed by atoms with Crippen molar-refractivity contribution in [2.24, 2.45) is 0 Å². The first-order valence-corrected chi connectivity index (χ1v) is 13.3. The molecule has 200 valence electrons. The number of aromatic hydroxyl groups is 1. The normalized spacial score (nSPS) is 16.7. The van der Waals surface area contributed by atoms with Crippen LogP contribution in [0.1, 0.15) is 29.7 Å². The van der Waals surface area contributed by atoms with Gasteiger partial charge in [-0.3, -0.25) is 9.59 Å². The monoisotopic (exact) mass is 590 g/mol. The van der Waals surface area contributed by atoms with Gasteiger partial charge in [0.15, 0.2) is 11.5 Å². The molecule has 0 unspecified atom stereocenters. The Bertz CT molecular complexity index is 1590. The third-order valence-corrected chi connectivity index (χ3v) is 7.38. The minimum absolute atomic E-state index is 0.0175. The number of aromatic amines is 1. The van der Waals surface area contributed by atoms with Gasteiger partial charge in [-0.25, -0.2) is 0 Å². The molecule has 3 N–H and O–H groups in total. The average molecular weight is 591 g/mol. The number of aliphatic hydroxyl groups excluding tert-OH is 1. The van der Waals surface area contributed by atoms with Crippen LogP contribution in [0.3, 0.4) is 0 Å². The zero-order chi connectivity index (χ0) is 27.7. The number of carbonyl (C=O) groups excluding carboxylic acids is 2. The lowest BCUT2D eigenvalue weighted by Gasteiger charge is -2.26. The summed E-state index contributed by atoms with van der Waals surface area (Å²) in [5.74, 6) is -0.859. The van der Waals surface area contributed by atoms with Gasteiger partial charge in [0.25, 0.3) is 11.7 Å². The number of hydrogen-bond donors (Lipinski definition) is 3. The van der Waals surface area contributed by atoms with E-state index in [1.165, 1.54) is 11.0 Å². The topological polar surface area (TPSA) is 112 Å². The van der Waals surface area contributed by atoms with Crippen molar-refractivity contribution in [3.8, 4) is 17.2 Å². The number of likely N-dealkylation sites (tertiary alicyclic amines) is 1. The molecule has 0 aliphatic carbocycles. The van der Waals surface area contributed by atoms with Gasteiger partial charge in [-0.1, -0.05) is 34.1 Å². The molecule has 1 atom stereocenters. The van der Waals surface area contributed by atoms with Crippen LogP contribution in [0.15, 0.2) is 76.9 Å². The second kappa shape index (κ2) is 10.9. The smallest absolute Gasteiger partial charge is 0.295 e. The largest absolute Gasteiger partial charge is 0.507 e. The van der Waals surface area contributed by atoms with E-state index in [1.54, 1.807) is 50.4 Å². The molecule has 0 bridgehead atoms. The summed E-state index contributed by atoms with van der Waals surface area (Å²) in [4.78, 5) is 31.5. The Morgan fingerprint density at radius 2 is 1.85 bits per heavy atom. The van der Waals surface area contributed by atoms with Gasteiger partial charge in [0.1, 0.15) is 11.5 Å². The van der Waals surface area contributed by atoms with Crippen LogP contribution in [0.2, 0.25) is 0 Å². The van der Waals surface area contributed by atoms with E-state index in [1.807, 2.05) is 24.4 Å². The van der Waals surface area contributed by atoms with E-state index in [4.69, 9.17) is 9.47 Å². The standard InChI is InChI=1S/C30H27BrN2O6/c1-3-39-25-14-18(6-11-24(25)34)27-26(28(35)17-4-7-20(31)8-5-17)29(36)30(37)33(27)13-12-19-16-32-23-10-9-21(38-2)15-22(19)23/h4-11,14-16,27,32,34-35H,3,12-13H2,1-2H3/t27-/m0/s1. The Labute approximate surface area is 233 Å². The van der Waals surface area contributed by atoms with Gasteiger partial charge >= 0.3 is 0 Å². The summed E-state index contributed by atoms with van der Waals surface area (Å²) in [6.45, 7) is 2.32. The number of methoxy groups -OCH3 is 1. The van der Waals surface area contributed by atoms with Gasteiger partial charge in [0.05, 0.1) is 25.3 Å². The number of fused-ring (bicyclic) bond motifs is 1. The minimum Gasteiger partial charge on any atom is -0.507 e. The predicted octanol–water partition coefficient (Wildman–Crippen LogP) is 5.71. The molecule has 5 rings (SSSR count). The third kappa shape index (κ3) is 4.97. The number of Topliss-reactive ketones (excluding diaryl/α,β-unsaturated/α-hetero) is 1. The Hall–Kier alpha value is -4.24. The maximum absolute atomic E-state index is 13.4. The van der Waals surface area contributed by atoms with Gasteiger partial charge in [0, 0.05) is 33.7 Å². The van der Waals surface area contributed by atoms with Crippen molar-refractivity contribution >= 4 is 44.3 Å². The summed E-state index contributed by atoms with van der Waals surface area (Å²) in [7, 11) is 1.60. The minimum atomic E-state index is -0.881. The van der Waals surface area contributed by atoms with E-state index in [2.05, 4.69) is 20.9 Å². The molecule has 9 heteroatoms. The Kier molecular flexibility index (Phi) is 7.34. The maximum atomic E-state index is 13.4. The number of ketones is 1. The molecule has 1 amide bonds. The van der Waals surface area contributed by atoms with E-state index in [0.29, 0.717) is 29.9 Å². The molecule has 8 nitrogen and oxygen atoms in total. The lowest BCUT2D eigenvalue weighted by molar-refractivity contribution is -0.139. The highest BCUT2D eigenvalue weighted by Crippen LogP contribution is 2.42. The van der Waals surface area contributed by atoms with Crippen LogP contribution in [-0.4, -0.2) is 52.0 Å². The number of rotatable bonds is 8. The van der Waals surface area contributed by atoms with Gasteiger partial charge in [0.2, 0.25) is 0 Å². The molecule has 3 aromatic carbocycles. The van der Waals surface area contributed by atoms with Crippen molar-refractivity contribution in [2.45, 2.75) is 19.4 Å². The summed E-state index contributed by atoms with van der Waals surface area (Å²) >= 11 is 3.38. The number of H-pyrrole nitrogens is 1. The molecule has 0 spiro atoms. The van der Waals surface area contributed by atoms with Crippen LogP contribution in [0.4, 0.5) is 0 Å². The van der Waals surface area contributed by atoms with Crippen LogP contribution >= 0.6 is 15.9 Å². The van der Waals surface area contributed by atoms with Gasteiger partial charge < -0.3 is 29.6 Å². The Morgan fingerprint density at radius 1 is 1.08 bits per heavy atom. The first-order valence-electron chi connectivity index (χ1n) is 12.5. The van der Waals surface area contributed by atoms with E-state index in [-0.39, 0.29) is 29.4 Å². The van der Waals surface area contributed by atoms with Crippen LogP contribution < -0.4 is 9.47 Å². The number of phenols is 1. The van der Waals surface area contributed by atoms with E-state index >= 15 is 0 Å². The fourth-order valence-electron chi connectivity index (χ4n) is 4.92. The molecule has 2 heterocycles. The lowest BCUT2D eigenvalue weighted by atomic mass is 9.95. The van der Waals surface area contributed by atoms with Crippen LogP contribution in [0.25, 0.3) is 16.7 Å². The van der Waals surface area contributed by atoms with Crippen LogP contribution in [-0.2, 0) is 16.0 Å². The molecule has 1 fully saturated rings. The van der Waals surface area contributed by atoms with Gasteiger partial charge in [-0.2, -0.15) is 0 Å².